The second-order valence-electron chi connectivity index (χ2n) is 14.3. The molecule has 0 aliphatic heterocycles. The van der Waals surface area contributed by atoms with Gasteiger partial charge in [0.05, 0.1) is 0 Å². The Labute approximate surface area is 335 Å². The van der Waals surface area contributed by atoms with E-state index in [4.69, 9.17) is 14.6 Å². The molecule has 2 unspecified atom stereocenters. The van der Waals surface area contributed by atoms with Gasteiger partial charge in [0, 0.05) is 20.1 Å². The Balaban J connectivity index is 0.000000463. The lowest BCUT2D eigenvalue weighted by Gasteiger charge is -2.27. The lowest BCUT2D eigenvalue weighted by Crippen LogP contribution is -2.43. The van der Waals surface area contributed by atoms with Crippen molar-refractivity contribution in [1.29, 1.82) is 0 Å². The molecule has 0 fully saturated rings. The molecule has 0 aromatic heterocycles. The first-order chi connectivity index (χ1) is 26.8. The van der Waals surface area contributed by atoms with E-state index in [1.165, 1.54) is 29.2 Å². The van der Waals surface area contributed by atoms with Crippen molar-refractivity contribution >= 4 is 24.1 Å². The maximum Gasteiger partial charge on any atom is 0.408 e. The highest BCUT2D eigenvalue weighted by Gasteiger charge is 2.28. The molecule has 57 heavy (non-hydrogen) atoms. The van der Waals surface area contributed by atoms with Crippen LogP contribution in [0.15, 0.2) is 109 Å². The number of carbonyl (C=O) groups excluding carboxylic acids is 3. The Morgan fingerprint density at radius 2 is 1.00 bits per heavy atom. The number of alkyl carbamates (subject to hydrolysis) is 2. The third-order valence-electron chi connectivity index (χ3n) is 7.09. The summed E-state index contributed by atoms with van der Waals surface area (Å²) in [6, 6.07) is 27.9. The lowest BCUT2D eigenvalue weighted by atomic mass is 10.1. The number of ether oxygens (including phenoxy) is 2. The molecule has 0 radical (unpaired) electrons. The molecule has 0 saturated carbocycles. The van der Waals surface area contributed by atoms with Crippen LogP contribution in [0.5, 0.6) is 0 Å². The average Bonchev–Trinajstić information content (AvgIpc) is 3.15. The zero-order valence-electron chi connectivity index (χ0n) is 34.6. The maximum atomic E-state index is 13.1. The number of likely N-dealkylation sites (N-methyl/N-ethyl adjacent to an activating group) is 1. The van der Waals surface area contributed by atoms with E-state index >= 15 is 0 Å². The van der Waals surface area contributed by atoms with Crippen LogP contribution < -0.4 is 16.0 Å². The second kappa shape index (κ2) is 24.6. The third-order valence-corrected chi connectivity index (χ3v) is 7.09. The molecule has 0 aliphatic carbocycles. The number of nitrogens with zero attached hydrogens (tertiary/aromatic N) is 1. The van der Waals surface area contributed by atoms with Crippen LogP contribution in [0.25, 0.3) is 0 Å². The highest BCUT2D eigenvalue weighted by Crippen LogP contribution is 2.19. The molecule has 4 aromatic carbocycles. The minimum atomic E-state index is -1.13. The van der Waals surface area contributed by atoms with Crippen LogP contribution in [0.3, 0.4) is 0 Å². The number of benzene rings is 4. The fraction of sp³-hybridized carbons (Fsp3) is 0.364. The number of halogens is 2. The molecule has 4 N–H and O–H groups in total. The van der Waals surface area contributed by atoms with Crippen molar-refractivity contribution < 1.29 is 42.5 Å². The second-order valence-corrected chi connectivity index (χ2v) is 14.3. The van der Waals surface area contributed by atoms with Crippen LogP contribution in [0, 0.1) is 11.6 Å². The van der Waals surface area contributed by atoms with Crippen molar-refractivity contribution in [1.82, 2.24) is 20.9 Å². The van der Waals surface area contributed by atoms with E-state index in [0.717, 1.165) is 17.7 Å². The Morgan fingerprint density at radius 3 is 1.37 bits per heavy atom. The predicted octanol–water partition coefficient (Wildman–Crippen LogP) is 8.96. The molecule has 4 rings (SSSR count). The Hall–Kier alpha value is -5.82. The largest absolute Gasteiger partial charge is 0.479 e. The van der Waals surface area contributed by atoms with Crippen LogP contribution in [-0.4, -0.2) is 59.4 Å². The van der Waals surface area contributed by atoms with Crippen molar-refractivity contribution in [2.24, 2.45) is 0 Å². The van der Waals surface area contributed by atoms with Gasteiger partial charge in [0.1, 0.15) is 28.9 Å². The van der Waals surface area contributed by atoms with Crippen LogP contribution in [0.1, 0.15) is 89.7 Å². The number of carbonyl (C=O) groups is 4. The van der Waals surface area contributed by atoms with E-state index < -0.39 is 41.4 Å². The van der Waals surface area contributed by atoms with Gasteiger partial charge in [0.25, 0.3) is 0 Å². The smallest absolute Gasteiger partial charge is 0.408 e. The maximum absolute atomic E-state index is 13.1. The van der Waals surface area contributed by atoms with Gasteiger partial charge in [-0.15, -0.1) is 0 Å². The fourth-order valence-corrected chi connectivity index (χ4v) is 4.69. The topological polar surface area (TPSA) is 146 Å². The molecule has 0 bridgehead atoms. The Morgan fingerprint density at radius 1 is 0.632 bits per heavy atom. The number of carboxylic acid groups (broad SMARTS) is 1. The molecule has 2 atom stereocenters. The number of hydrogen-bond acceptors (Lipinski definition) is 7. The summed E-state index contributed by atoms with van der Waals surface area (Å²) in [6.07, 6.45) is -1.42. The molecule has 0 saturated heterocycles. The normalized spacial score (nSPS) is 11.6. The van der Waals surface area contributed by atoms with Crippen LogP contribution >= 0.6 is 0 Å². The lowest BCUT2D eigenvalue weighted by molar-refractivity contribution is -0.139. The molecule has 0 aliphatic rings. The zero-order chi connectivity index (χ0) is 43.2. The van der Waals surface area contributed by atoms with Gasteiger partial charge in [-0.05, 0) is 95.1 Å². The molecule has 3 amide bonds. The average molecular weight is 793 g/mol. The van der Waals surface area contributed by atoms with Crippen molar-refractivity contribution in [2.45, 2.75) is 91.8 Å². The number of amides is 3. The summed E-state index contributed by atoms with van der Waals surface area (Å²) in [5, 5.41) is 17.1. The molecular weight excluding hydrogens is 735 g/mol. The summed E-state index contributed by atoms with van der Waals surface area (Å²) < 4.78 is 35.7. The van der Waals surface area contributed by atoms with Gasteiger partial charge in [-0.2, -0.15) is 0 Å². The quantitative estimate of drug-likeness (QED) is 0.125. The first-order valence-electron chi connectivity index (χ1n) is 18.5. The summed E-state index contributed by atoms with van der Waals surface area (Å²) in [6.45, 7) is 15.5. The van der Waals surface area contributed by atoms with E-state index in [-0.39, 0.29) is 17.5 Å². The number of nitrogens with one attached hydrogen (secondary N) is 3. The molecular formula is C44H58F2N4O7. The van der Waals surface area contributed by atoms with E-state index in [2.05, 4.69) is 16.0 Å². The van der Waals surface area contributed by atoms with Gasteiger partial charge in [0.2, 0.25) is 5.91 Å². The van der Waals surface area contributed by atoms with Gasteiger partial charge >= 0.3 is 18.2 Å². The van der Waals surface area contributed by atoms with Gasteiger partial charge < -0.3 is 35.4 Å². The van der Waals surface area contributed by atoms with Crippen LogP contribution in [-0.2, 0) is 32.2 Å². The van der Waals surface area contributed by atoms with E-state index in [9.17, 15) is 28.0 Å². The molecule has 310 valence electrons. The van der Waals surface area contributed by atoms with Crippen LogP contribution in [0.4, 0.5) is 18.4 Å². The summed E-state index contributed by atoms with van der Waals surface area (Å²) in [4.78, 5) is 49.4. The summed E-state index contributed by atoms with van der Waals surface area (Å²) in [5.41, 5.74) is 1.70. The Bertz CT molecular complexity index is 1780. The number of hydrogen-bond donors (Lipinski definition) is 4. The number of rotatable bonds is 10. The summed E-state index contributed by atoms with van der Waals surface area (Å²) in [7, 11) is 3.50. The Kier molecular flexibility index (Phi) is 21.3. The molecule has 0 spiro atoms. The number of carboxylic acids is 1. The summed E-state index contributed by atoms with van der Waals surface area (Å²) >= 11 is 0. The van der Waals surface area contributed by atoms with Gasteiger partial charge in [-0.25, -0.2) is 23.2 Å². The van der Waals surface area contributed by atoms with Crippen molar-refractivity contribution in [3.8, 4) is 0 Å². The van der Waals surface area contributed by atoms with Gasteiger partial charge in [0.15, 0.2) is 6.04 Å². The highest BCUT2D eigenvalue weighted by molar-refractivity contribution is 5.87. The summed E-state index contributed by atoms with van der Waals surface area (Å²) in [5.74, 6) is -1.94. The van der Waals surface area contributed by atoms with Crippen molar-refractivity contribution in [3.05, 3.63) is 143 Å². The molecule has 0 heterocycles. The molecule has 4 aromatic rings. The minimum Gasteiger partial charge on any atom is -0.479 e. The standard InChI is InChI=1S/C21H25FN2O3.C13H17NO4.C8H10FN.C2H6/c1-21(2,3)27-20(26)23-18(16-8-6-5-7-9-16)19(25)24(4)14-15-10-12-17(22)13-11-15;1-13(2,3)18-12(17)14-10(11(15)16)9-7-5-4-6-8-9;1-10-6-7-2-4-8(9)5-3-7;1-2/h5-13,18H,14H2,1-4H3,(H,23,26);4-8,10H,1-3H3,(H,14,17)(H,15,16);2-5,10H,6H2,1H3;1-2H3. The zero-order valence-corrected chi connectivity index (χ0v) is 34.6. The molecule has 13 heteroatoms. The fourth-order valence-electron chi connectivity index (χ4n) is 4.69. The van der Waals surface area contributed by atoms with E-state index in [0.29, 0.717) is 17.7 Å². The van der Waals surface area contributed by atoms with E-state index in [1.807, 2.05) is 27.0 Å². The SMILES string of the molecule is CC.CC(C)(C)OC(=O)NC(C(=O)O)c1ccccc1.CN(Cc1ccc(F)cc1)C(=O)C(NC(=O)OC(C)(C)C)c1ccccc1.CNCc1ccc(F)cc1. The van der Waals surface area contributed by atoms with Crippen molar-refractivity contribution in [2.75, 3.05) is 14.1 Å². The third kappa shape index (κ3) is 20.6. The van der Waals surface area contributed by atoms with E-state index in [1.54, 1.807) is 127 Å². The monoisotopic (exact) mass is 792 g/mol. The first kappa shape index (κ1) is 49.2. The highest BCUT2D eigenvalue weighted by atomic mass is 19.1. The van der Waals surface area contributed by atoms with Gasteiger partial charge in [-0.3, -0.25) is 4.79 Å². The minimum absolute atomic E-state index is 0.181. The van der Waals surface area contributed by atoms with Crippen LogP contribution in [0.2, 0.25) is 0 Å². The first-order valence-corrected chi connectivity index (χ1v) is 18.5. The predicted molar refractivity (Wildman–Crippen MR) is 218 cm³/mol. The van der Waals surface area contributed by atoms with Gasteiger partial charge in [-0.1, -0.05) is 98.8 Å². The van der Waals surface area contributed by atoms with Crippen molar-refractivity contribution in [3.63, 3.8) is 0 Å². The molecule has 11 nitrogen and oxygen atoms in total. The number of aliphatic carboxylic acids is 1.